The molecule has 11 nitrogen and oxygen atoms in total. The van der Waals surface area contributed by atoms with E-state index in [1.807, 2.05) is 36.4 Å². The molecule has 0 unspecified atom stereocenters. The van der Waals surface area contributed by atoms with Crippen LogP contribution in [0.3, 0.4) is 0 Å². The molecule has 0 saturated carbocycles. The monoisotopic (exact) mass is 648 g/mol. The van der Waals surface area contributed by atoms with Gasteiger partial charge in [-0.25, -0.2) is 12.7 Å². The number of carbonyl (C=O) groups is 2. The molecule has 0 radical (unpaired) electrons. The number of nitrogens with zero attached hydrogens (tertiary/aromatic N) is 6. The Bertz CT molecular complexity index is 1840. The van der Waals surface area contributed by atoms with Gasteiger partial charge in [-0.2, -0.15) is 0 Å². The van der Waals surface area contributed by atoms with Crippen molar-refractivity contribution in [3.05, 3.63) is 100 Å². The Balaban J connectivity index is 1.43. The molecule has 2 bridgehead atoms. The summed E-state index contributed by atoms with van der Waals surface area (Å²) in [4.78, 5) is 32.1. The third-order valence-electron chi connectivity index (χ3n) is 9.08. The van der Waals surface area contributed by atoms with Gasteiger partial charge in [0.05, 0.1) is 22.6 Å². The summed E-state index contributed by atoms with van der Waals surface area (Å²) in [5, 5.41) is 3.53. The highest BCUT2D eigenvalue weighted by Gasteiger charge is 2.79. The number of sulfonamides is 1. The second kappa shape index (κ2) is 10.1. The van der Waals surface area contributed by atoms with Gasteiger partial charge >= 0.3 is 0 Å². The van der Waals surface area contributed by atoms with Crippen LogP contribution in [0.2, 0.25) is 0 Å². The number of carbonyl (C=O) groups excluding carboxylic acids is 2. The van der Waals surface area contributed by atoms with E-state index in [1.54, 1.807) is 61.3 Å². The van der Waals surface area contributed by atoms with Crippen LogP contribution in [-0.2, 0) is 25.0 Å². The third-order valence-corrected chi connectivity index (χ3v) is 14.6. The molecule has 8 rings (SSSR count). The average molecular weight is 649 g/mol. The molecule has 0 N–H and O–H groups in total. The Hall–Kier alpha value is -3.84. The van der Waals surface area contributed by atoms with Gasteiger partial charge in [-0.15, -0.1) is 0 Å². The maximum absolute atomic E-state index is 14.6. The zero-order chi connectivity index (χ0) is 30.9. The summed E-state index contributed by atoms with van der Waals surface area (Å²) in [6, 6.07) is 22.9. The number of benzene rings is 3. The van der Waals surface area contributed by atoms with Crippen LogP contribution in [0.25, 0.3) is 10.4 Å². The number of fused-ring (bicyclic) bond motifs is 5. The SMILES string of the molecule is CN1C(=O)[C@@]23C[C@]4(c5ccc(OCCCN=[N+]=[N-])cc5)c5ccccc5N(S(=O)(=O)c5ccccc5)[C@@H]4N2C(=O)[C@]1(C)SS3. The standard InChI is InChI=1S/C30H28N6O5S3/c1-28-26(37)35-25-29(19-30(35,43-42-28)27(38)34(28)2,20-13-15-21(16-14-20)41-18-8-17-32-33-31)23-11-6-7-12-24(23)36(25)44(39,40)22-9-4-3-5-10-22/h3-7,9-16,25H,8,17-19H2,1-2H3/t25-,28-,29-,30-/m0/s1. The van der Waals surface area contributed by atoms with E-state index in [4.69, 9.17) is 10.3 Å². The number of rotatable bonds is 8. The largest absolute Gasteiger partial charge is 0.494 e. The van der Waals surface area contributed by atoms with E-state index in [0.29, 0.717) is 31.0 Å². The lowest BCUT2D eigenvalue weighted by Crippen LogP contribution is -2.76. The van der Waals surface area contributed by atoms with Crippen molar-refractivity contribution in [2.45, 2.75) is 46.0 Å². The molecule has 4 saturated heterocycles. The first kappa shape index (κ1) is 28.9. The number of anilines is 1. The summed E-state index contributed by atoms with van der Waals surface area (Å²) in [5.41, 5.74) is 9.42. The van der Waals surface area contributed by atoms with Gasteiger partial charge in [-0.05, 0) is 60.3 Å². The molecule has 4 fully saturated rings. The minimum atomic E-state index is -4.19. The van der Waals surface area contributed by atoms with Crippen LogP contribution in [0.15, 0.2) is 88.9 Å². The van der Waals surface area contributed by atoms with E-state index >= 15 is 0 Å². The molecule has 0 aromatic heterocycles. The van der Waals surface area contributed by atoms with E-state index in [1.165, 1.54) is 30.8 Å². The second-order valence-electron chi connectivity index (χ2n) is 11.3. The fourth-order valence-corrected chi connectivity index (χ4v) is 12.1. The molecule has 5 aliphatic rings. The zero-order valence-electron chi connectivity index (χ0n) is 23.9. The second-order valence-corrected chi connectivity index (χ2v) is 15.9. The molecule has 2 amide bonds. The average Bonchev–Trinajstić information content (AvgIpc) is 3.50. The van der Waals surface area contributed by atoms with Crippen LogP contribution in [-0.4, -0.2) is 66.1 Å². The molecule has 0 aliphatic carbocycles. The van der Waals surface area contributed by atoms with Crippen molar-refractivity contribution in [2.75, 3.05) is 24.5 Å². The quantitative estimate of drug-likeness (QED) is 0.109. The first-order chi connectivity index (χ1) is 21.1. The predicted octanol–water partition coefficient (Wildman–Crippen LogP) is 5.10. The van der Waals surface area contributed by atoms with Crippen LogP contribution in [0.1, 0.15) is 30.9 Å². The summed E-state index contributed by atoms with van der Waals surface area (Å²) in [7, 11) is 0.161. The van der Waals surface area contributed by atoms with Gasteiger partial charge in [0.1, 0.15) is 11.9 Å². The fourth-order valence-electron chi connectivity index (χ4n) is 6.90. The van der Waals surface area contributed by atoms with E-state index in [-0.39, 0.29) is 23.1 Å². The highest BCUT2D eigenvalue weighted by Crippen LogP contribution is 2.71. The molecule has 3 aromatic rings. The Morgan fingerprint density at radius 1 is 1.00 bits per heavy atom. The first-order valence-electron chi connectivity index (χ1n) is 14.0. The smallest absolute Gasteiger partial charge is 0.266 e. The van der Waals surface area contributed by atoms with E-state index < -0.39 is 31.3 Å². The maximum atomic E-state index is 14.6. The molecule has 14 heteroatoms. The molecule has 226 valence electrons. The highest BCUT2D eigenvalue weighted by molar-refractivity contribution is 8.78. The lowest BCUT2D eigenvalue weighted by molar-refractivity contribution is -0.163. The van der Waals surface area contributed by atoms with Gasteiger partial charge in [0, 0.05) is 24.9 Å². The molecule has 4 atom stereocenters. The van der Waals surface area contributed by atoms with Crippen molar-refractivity contribution < 1.29 is 22.7 Å². The Morgan fingerprint density at radius 2 is 1.70 bits per heavy atom. The Labute approximate surface area is 262 Å². The normalized spacial score (nSPS) is 28.4. The Morgan fingerprint density at radius 3 is 2.43 bits per heavy atom. The van der Waals surface area contributed by atoms with Gasteiger partial charge in [0.2, 0.25) is 0 Å². The lowest BCUT2D eigenvalue weighted by atomic mass is 9.72. The summed E-state index contributed by atoms with van der Waals surface area (Å²) in [6.45, 7) is 2.40. The third kappa shape index (κ3) is 3.71. The van der Waals surface area contributed by atoms with Crippen molar-refractivity contribution in [3.63, 3.8) is 0 Å². The maximum Gasteiger partial charge on any atom is 0.266 e. The number of hydrogen-bond acceptors (Lipinski definition) is 8. The van der Waals surface area contributed by atoms with E-state index in [2.05, 4.69) is 10.0 Å². The van der Waals surface area contributed by atoms with Gasteiger partial charge in [-0.1, -0.05) is 75.2 Å². The minimum Gasteiger partial charge on any atom is -0.494 e. The zero-order valence-corrected chi connectivity index (χ0v) is 26.3. The summed E-state index contributed by atoms with van der Waals surface area (Å²) in [5.74, 6) is 0.0877. The molecule has 3 aromatic carbocycles. The number of likely N-dealkylation sites (N-methyl/N-ethyl adjacent to an activating group) is 1. The molecule has 5 heterocycles. The van der Waals surface area contributed by atoms with Gasteiger partial charge in [0.15, 0.2) is 9.74 Å². The Kier molecular flexibility index (Phi) is 6.63. The summed E-state index contributed by atoms with van der Waals surface area (Å²) < 4.78 is 36.4. The summed E-state index contributed by atoms with van der Waals surface area (Å²) in [6.07, 6.45) is -0.281. The van der Waals surface area contributed by atoms with Crippen molar-refractivity contribution in [1.29, 1.82) is 0 Å². The van der Waals surface area contributed by atoms with Crippen molar-refractivity contribution in [3.8, 4) is 5.75 Å². The van der Waals surface area contributed by atoms with Crippen LogP contribution >= 0.6 is 21.6 Å². The molecular formula is C30H28N6O5S3. The van der Waals surface area contributed by atoms with E-state index in [9.17, 15) is 18.0 Å². The van der Waals surface area contributed by atoms with Crippen LogP contribution in [0, 0.1) is 0 Å². The van der Waals surface area contributed by atoms with Crippen molar-refractivity contribution in [1.82, 2.24) is 9.80 Å². The van der Waals surface area contributed by atoms with Crippen LogP contribution in [0.4, 0.5) is 5.69 Å². The molecule has 44 heavy (non-hydrogen) atoms. The van der Waals surface area contributed by atoms with Crippen molar-refractivity contribution in [2.24, 2.45) is 5.11 Å². The van der Waals surface area contributed by atoms with Crippen LogP contribution < -0.4 is 9.04 Å². The number of ether oxygens (including phenoxy) is 1. The van der Waals surface area contributed by atoms with E-state index in [0.717, 1.165) is 11.1 Å². The topological polar surface area (TPSA) is 136 Å². The predicted molar refractivity (Wildman–Crippen MR) is 168 cm³/mol. The number of piperazine rings is 1. The molecular weight excluding hydrogens is 621 g/mol. The highest BCUT2D eigenvalue weighted by atomic mass is 33.1. The molecule has 5 aliphatic heterocycles. The minimum absolute atomic E-state index is 0.0994. The summed E-state index contributed by atoms with van der Waals surface area (Å²) >= 11 is 0. The number of azide groups is 1. The van der Waals surface area contributed by atoms with Gasteiger partial charge in [0.25, 0.3) is 21.8 Å². The first-order valence-corrected chi connectivity index (χ1v) is 17.6. The number of amides is 2. The van der Waals surface area contributed by atoms with Crippen molar-refractivity contribution >= 4 is 49.1 Å². The fraction of sp³-hybridized carbons (Fsp3) is 0.333. The van der Waals surface area contributed by atoms with Crippen LogP contribution in [0.5, 0.6) is 5.75 Å². The number of para-hydroxylation sites is 1. The molecule has 1 spiro atoms. The van der Waals surface area contributed by atoms with Gasteiger partial charge < -0.3 is 9.64 Å². The lowest BCUT2D eigenvalue weighted by Gasteiger charge is -2.58. The van der Waals surface area contributed by atoms with Gasteiger partial charge in [-0.3, -0.25) is 14.5 Å². The number of hydrogen-bond donors (Lipinski definition) is 0.